The fourth-order valence-electron chi connectivity index (χ4n) is 4.02. The third kappa shape index (κ3) is 4.37. The van der Waals surface area contributed by atoms with Crippen molar-refractivity contribution in [1.29, 1.82) is 0 Å². The van der Waals surface area contributed by atoms with E-state index in [1.54, 1.807) is 12.1 Å². The van der Waals surface area contributed by atoms with Crippen LogP contribution in [0.15, 0.2) is 24.3 Å². The van der Waals surface area contributed by atoms with Gasteiger partial charge in [-0.3, -0.25) is 14.5 Å². The average Bonchev–Trinajstić information content (AvgIpc) is 2.62. The number of piperidine rings is 2. The fraction of sp³-hybridized carbons (Fsp3) is 0.579. The first kappa shape index (κ1) is 17.9. The van der Waals surface area contributed by atoms with Crippen LogP contribution in [0, 0.1) is 11.7 Å². The molecule has 0 unspecified atom stereocenters. The molecule has 1 atom stereocenters. The molecule has 3 rings (SSSR count). The molecule has 1 aromatic carbocycles. The monoisotopic (exact) mass is 347 g/mol. The van der Waals surface area contributed by atoms with Gasteiger partial charge in [-0.05, 0) is 62.9 Å². The molecule has 2 fully saturated rings. The predicted molar refractivity (Wildman–Crippen MR) is 93.1 cm³/mol. The number of nitrogens with two attached hydrogens (primary N) is 1. The van der Waals surface area contributed by atoms with E-state index in [-0.39, 0.29) is 36.1 Å². The Labute approximate surface area is 148 Å². The molecule has 5 nitrogen and oxygen atoms in total. The van der Waals surface area contributed by atoms with Gasteiger partial charge in [-0.25, -0.2) is 4.39 Å². The summed E-state index contributed by atoms with van der Waals surface area (Å²) in [5, 5.41) is 0. The summed E-state index contributed by atoms with van der Waals surface area (Å²) in [6.07, 6.45) is 4.56. The summed E-state index contributed by atoms with van der Waals surface area (Å²) in [6, 6.07) is 6.57. The van der Waals surface area contributed by atoms with Crippen LogP contribution < -0.4 is 5.73 Å². The lowest BCUT2D eigenvalue weighted by molar-refractivity contribution is -0.141. The van der Waals surface area contributed by atoms with Crippen LogP contribution in [-0.4, -0.2) is 47.8 Å². The molecule has 0 saturated carbocycles. The number of amides is 2. The van der Waals surface area contributed by atoms with Gasteiger partial charge in [0.15, 0.2) is 0 Å². The zero-order chi connectivity index (χ0) is 17.8. The molecule has 2 saturated heterocycles. The zero-order valence-corrected chi connectivity index (χ0v) is 14.5. The Morgan fingerprint density at radius 1 is 1.04 bits per heavy atom. The lowest BCUT2D eigenvalue weighted by atomic mass is 9.90. The number of carbonyl (C=O) groups is 2. The van der Waals surface area contributed by atoms with Gasteiger partial charge in [0.05, 0.1) is 12.6 Å². The molecule has 2 aliphatic rings. The number of nitrogens with zero attached hydrogens (tertiary/aromatic N) is 2. The summed E-state index contributed by atoms with van der Waals surface area (Å²) in [5.41, 5.74) is 6.26. The average molecular weight is 347 g/mol. The number of hydrogen-bond donors (Lipinski definition) is 1. The highest BCUT2D eigenvalue weighted by Crippen LogP contribution is 2.33. The SMILES string of the molecule is NC(=O)CN1CCC(C(=O)N2CCCC[C@H]2c2ccc(F)cc2)CC1. The van der Waals surface area contributed by atoms with Crippen LogP contribution in [-0.2, 0) is 9.59 Å². The molecule has 6 heteroatoms. The van der Waals surface area contributed by atoms with Crippen LogP contribution in [0.3, 0.4) is 0 Å². The van der Waals surface area contributed by atoms with Crippen molar-refractivity contribution in [3.05, 3.63) is 35.6 Å². The van der Waals surface area contributed by atoms with Gasteiger partial charge in [0.2, 0.25) is 11.8 Å². The van der Waals surface area contributed by atoms with Gasteiger partial charge < -0.3 is 10.6 Å². The smallest absolute Gasteiger partial charge is 0.231 e. The molecule has 25 heavy (non-hydrogen) atoms. The second kappa shape index (κ2) is 7.95. The first-order chi connectivity index (χ1) is 12.0. The molecule has 2 amide bonds. The molecular formula is C19H26FN3O2. The van der Waals surface area contributed by atoms with E-state index < -0.39 is 0 Å². The van der Waals surface area contributed by atoms with E-state index in [9.17, 15) is 14.0 Å². The third-order valence-electron chi connectivity index (χ3n) is 5.36. The van der Waals surface area contributed by atoms with Gasteiger partial charge in [0, 0.05) is 12.5 Å². The van der Waals surface area contributed by atoms with Crippen molar-refractivity contribution >= 4 is 11.8 Å². The molecule has 0 radical (unpaired) electrons. The lowest BCUT2D eigenvalue weighted by Gasteiger charge is -2.40. The topological polar surface area (TPSA) is 66.6 Å². The van der Waals surface area contributed by atoms with E-state index in [4.69, 9.17) is 5.73 Å². The lowest BCUT2D eigenvalue weighted by Crippen LogP contribution is -2.46. The van der Waals surface area contributed by atoms with Crippen molar-refractivity contribution in [2.45, 2.75) is 38.1 Å². The number of carbonyl (C=O) groups excluding carboxylic acids is 2. The van der Waals surface area contributed by atoms with Crippen LogP contribution in [0.4, 0.5) is 4.39 Å². The van der Waals surface area contributed by atoms with Gasteiger partial charge in [0.25, 0.3) is 0 Å². The minimum atomic E-state index is -0.322. The standard InChI is InChI=1S/C19H26FN3O2/c20-16-6-4-14(5-7-16)17-3-1-2-10-23(17)19(25)15-8-11-22(12-9-15)13-18(21)24/h4-7,15,17H,1-3,8-13H2,(H2,21,24)/t17-/m0/s1. The summed E-state index contributed by atoms with van der Waals surface area (Å²) in [5.74, 6) is -0.366. The van der Waals surface area contributed by atoms with E-state index >= 15 is 0 Å². The maximum atomic E-state index is 13.2. The molecule has 0 bridgehead atoms. The highest BCUT2D eigenvalue weighted by atomic mass is 19.1. The van der Waals surface area contributed by atoms with Crippen LogP contribution >= 0.6 is 0 Å². The maximum Gasteiger partial charge on any atom is 0.231 e. The quantitative estimate of drug-likeness (QED) is 0.907. The van der Waals surface area contributed by atoms with Crippen LogP contribution in [0.5, 0.6) is 0 Å². The third-order valence-corrected chi connectivity index (χ3v) is 5.36. The molecule has 2 heterocycles. The summed E-state index contributed by atoms with van der Waals surface area (Å²) in [6.45, 7) is 2.49. The summed E-state index contributed by atoms with van der Waals surface area (Å²) in [4.78, 5) is 28.1. The van der Waals surface area contributed by atoms with Crippen molar-refractivity contribution in [2.75, 3.05) is 26.2 Å². The van der Waals surface area contributed by atoms with Gasteiger partial charge in [-0.1, -0.05) is 12.1 Å². The van der Waals surface area contributed by atoms with E-state index in [0.717, 1.165) is 57.3 Å². The summed E-state index contributed by atoms with van der Waals surface area (Å²) in [7, 11) is 0. The van der Waals surface area contributed by atoms with Crippen molar-refractivity contribution in [2.24, 2.45) is 11.7 Å². The Balaban J connectivity index is 1.65. The highest BCUT2D eigenvalue weighted by molar-refractivity contribution is 5.80. The van der Waals surface area contributed by atoms with Crippen molar-refractivity contribution in [3.63, 3.8) is 0 Å². The first-order valence-corrected chi connectivity index (χ1v) is 9.11. The number of likely N-dealkylation sites (tertiary alicyclic amines) is 2. The van der Waals surface area contributed by atoms with Crippen LogP contribution in [0.1, 0.15) is 43.7 Å². The van der Waals surface area contributed by atoms with Gasteiger partial charge in [0.1, 0.15) is 5.82 Å². The van der Waals surface area contributed by atoms with Gasteiger partial charge in [-0.15, -0.1) is 0 Å². The first-order valence-electron chi connectivity index (χ1n) is 9.11. The van der Waals surface area contributed by atoms with Crippen molar-refractivity contribution in [3.8, 4) is 0 Å². The number of rotatable bonds is 4. The summed E-state index contributed by atoms with van der Waals surface area (Å²) < 4.78 is 13.2. The molecule has 0 aromatic heterocycles. The molecule has 1 aromatic rings. The number of halogens is 1. The van der Waals surface area contributed by atoms with Gasteiger partial charge >= 0.3 is 0 Å². The molecule has 2 N–H and O–H groups in total. The van der Waals surface area contributed by atoms with E-state index in [0.29, 0.717) is 0 Å². The Bertz CT molecular complexity index is 612. The van der Waals surface area contributed by atoms with E-state index in [1.807, 2.05) is 9.80 Å². The van der Waals surface area contributed by atoms with Crippen LogP contribution in [0.2, 0.25) is 0 Å². The Kier molecular flexibility index (Phi) is 5.68. The largest absolute Gasteiger partial charge is 0.369 e. The maximum absolute atomic E-state index is 13.2. The zero-order valence-electron chi connectivity index (χ0n) is 14.5. The second-order valence-electron chi connectivity index (χ2n) is 7.11. The minimum Gasteiger partial charge on any atom is -0.369 e. The van der Waals surface area contributed by atoms with Crippen LogP contribution in [0.25, 0.3) is 0 Å². The number of hydrogen-bond acceptors (Lipinski definition) is 3. The van der Waals surface area contributed by atoms with Crippen molar-refractivity contribution < 1.29 is 14.0 Å². The molecule has 136 valence electrons. The number of benzene rings is 1. The number of primary amides is 1. The summed E-state index contributed by atoms with van der Waals surface area (Å²) >= 11 is 0. The Morgan fingerprint density at radius 2 is 1.72 bits per heavy atom. The molecule has 2 aliphatic heterocycles. The minimum absolute atomic E-state index is 0.00479. The van der Waals surface area contributed by atoms with Crippen molar-refractivity contribution in [1.82, 2.24) is 9.80 Å². The highest BCUT2D eigenvalue weighted by Gasteiger charge is 2.34. The molecule has 0 aliphatic carbocycles. The second-order valence-corrected chi connectivity index (χ2v) is 7.11. The molecular weight excluding hydrogens is 321 g/mol. The molecule has 0 spiro atoms. The Hall–Kier alpha value is -1.95. The normalized spacial score (nSPS) is 22.8. The predicted octanol–water partition coefficient (Wildman–Crippen LogP) is 2.08. The van der Waals surface area contributed by atoms with Gasteiger partial charge in [-0.2, -0.15) is 0 Å². The van der Waals surface area contributed by atoms with E-state index in [2.05, 4.69) is 0 Å². The van der Waals surface area contributed by atoms with E-state index in [1.165, 1.54) is 12.1 Å². The Morgan fingerprint density at radius 3 is 2.36 bits per heavy atom. The fourth-order valence-corrected chi connectivity index (χ4v) is 4.02.